The van der Waals surface area contributed by atoms with Gasteiger partial charge in [-0.05, 0) is 30.3 Å². The number of hydrogen-bond acceptors (Lipinski definition) is 5. The second-order valence-corrected chi connectivity index (χ2v) is 6.12. The van der Waals surface area contributed by atoms with Crippen LogP contribution in [0.2, 0.25) is 0 Å². The minimum absolute atomic E-state index is 0.521. The first-order valence-electron chi connectivity index (χ1n) is 7.99. The molecule has 1 N–H and O–H groups in total. The van der Waals surface area contributed by atoms with Gasteiger partial charge in [0.15, 0.2) is 0 Å². The maximum atomic E-state index is 5.53. The fourth-order valence-corrected chi connectivity index (χ4v) is 3.24. The summed E-state index contributed by atoms with van der Waals surface area (Å²) in [5.74, 6) is 1.49. The Labute approximate surface area is 155 Å². The zero-order valence-corrected chi connectivity index (χ0v) is 15.5. The number of hydrogen-bond donors (Lipinski definition) is 1. The Morgan fingerprint density at radius 1 is 1.27 bits per heavy atom. The predicted molar refractivity (Wildman–Crippen MR) is 105 cm³/mol. The van der Waals surface area contributed by atoms with Crippen molar-refractivity contribution in [2.24, 2.45) is 10.1 Å². The van der Waals surface area contributed by atoms with Gasteiger partial charge in [0.1, 0.15) is 11.5 Å². The van der Waals surface area contributed by atoms with Crippen LogP contribution in [-0.2, 0) is 0 Å². The van der Waals surface area contributed by atoms with Crippen LogP contribution in [-0.4, -0.2) is 36.6 Å². The van der Waals surface area contributed by atoms with Crippen molar-refractivity contribution >= 4 is 17.6 Å². The molecule has 0 unspecified atom stereocenters. The van der Waals surface area contributed by atoms with Gasteiger partial charge >= 0.3 is 0 Å². The minimum atomic E-state index is 0.521. The molecule has 0 amide bonds. The lowest BCUT2D eigenvalue weighted by Crippen LogP contribution is -2.12. The van der Waals surface area contributed by atoms with Crippen molar-refractivity contribution in [1.82, 2.24) is 9.66 Å². The van der Waals surface area contributed by atoms with E-state index in [0.717, 1.165) is 33.3 Å². The number of ether oxygens (including phenoxy) is 2. The highest BCUT2D eigenvalue weighted by molar-refractivity contribution is 7.07. The second kappa shape index (κ2) is 8.35. The molecule has 7 heteroatoms. The summed E-state index contributed by atoms with van der Waals surface area (Å²) in [6.07, 6.45) is 5.37. The average molecular weight is 368 g/mol. The molecule has 2 aromatic heterocycles. The van der Waals surface area contributed by atoms with Crippen LogP contribution in [0.15, 0.2) is 64.7 Å². The first-order chi connectivity index (χ1) is 12.8. The Kier molecular flexibility index (Phi) is 5.70. The van der Waals surface area contributed by atoms with E-state index in [4.69, 9.17) is 9.47 Å². The third-order valence-electron chi connectivity index (χ3n) is 3.66. The van der Waals surface area contributed by atoms with Crippen LogP contribution < -0.4 is 14.3 Å². The number of nitrogens with zero attached hydrogens (tertiary/aromatic N) is 3. The van der Waals surface area contributed by atoms with E-state index in [2.05, 4.69) is 21.7 Å². The Balaban J connectivity index is 2.16. The van der Waals surface area contributed by atoms with Gasteiger partial charge in [-0.15, -0.1) is 17.9 Å². The van der Waals surface area contributed by atoms with Crippen LogP contribution in [0.4, 0.5) is 0 Å². The van der Waals surface area contributed by atoms with E-state index in [9.17, 15) is 0 Å². The molecule has 0 aliphatic rings. The molecule has 0 bridgehead atoms. The molecule has 3 rings (SSSR count). The summed E-state index contributed by atoms with van der Waals surface area (Å²) in [6, 6.07) is 9.55. The quantitative estimate of drug-likeness (QED) is 0.512. The monoisotopic (exact) mass is 368 g/mol. The van der Waals surface area contributed by atoms with E-state index in [0.29, 0.717) is 6.54 Å². The summed E-state index contributed by atoms with van der Waals surface area (Å²) >= 11 is 1.51. The van der Waals surface area contributed by atoms with Crippen LogP contribution in [0.5, 0.6) is 11.5 Å². The zero-order valence-electron chi connectivity index (χ0n) is 14.7. The normalized spacial score (nSPS) is 11.8. The van der Waals surface area contributed by atoms with E-state index in [1.54, 1.807) is 31.2 Å². The lowest BCUT2D eigenvalue weighted by molar-refractivity contribution is 0.404. The Bertz CT molecular complexity index is 968. The molecule has 0 spiro atoms. The third-order valence-corrected chi connectivity index (χ3v) is 4.51. The van der Waals surface area contributed by atoms with E-state index < -0.39 is 0 Å². The lowest BCUT2D eigenvalue weighted by Gasteiger charge is -2.11. The molecule has 0 radical (unpaired) electrons. The van der Waals surface area contributed by atoms with Gasteiger partial charge in [0.25, 0.3) is 0 Å². The van der Waals surface area contributed by atoms with Gasteiger partial charge in [-0.1, -0.05) is 6.08 Å². The maximum Gasteiger partial charge on any atom is 0.206 e. The largest absolute Gasteiger partial charge is 0.497 e. The van der Waals surface area contributed by atoms with Gasteiger partial charge in [0.05, 0.1) is 38.4 Å². The molecular weight excluding hydrogens is 348 g/mol. The van der Waals surface area contributed by atoms with Gasteiger partial charge in [-0.25, -0.2) is 4.68 Å². The Hall–Kier alpha value is -3.06. The van der Waals surface area contributed by atoms with Crippen molar-refractivity contribution in [3.8, 4) is 22.8 Å². The van der Waals surface area contributed by atoms with E-state index >= 15 is 0 Å². The molecule has 3 aromatic rings. The van der Waals surface area contributed by atoms with Gasteiger partial charge in [-0.2, -0.15) is 5.10 Å². The number of methoxy groups -OCH3 is 2. The van der Waals surface area contributed by atoms with Crippen molar-refractivity contribution in [2.45, 2.75) is 0 Å². The molecule has 26 heavy (non-hydrogen) atoms. The minimum Gasteiger partial charge on any atom is -0.497 e. The maximum absolute atomic E-state index is 5.53. The standard InChI is InChI=1S/C19H20N4O2S/c1-4-9-21-19-23(22-12-14-6-5-10-20-14)17(13-26-19)16-11-15(24-2)7-8-18(16)25-3/h4-8,10-13,20H,1,9H2,2-3H3. The van der Waals surface area contributed by atoms with E-state index in [1.165, 1.54) is 11.3 Å². The molecule has 6 nitrogen and oxygen atoms in total. The molecule has 2 heterocycles. The van der Waals surface area contributed by atoms with Crippen molar-refractivity contribution < 1.29 is 9.47 Å². The summed E-state index contributed by atoms with van der Waals surface area (Å²) in [5, 5.41) is 6.62. The SMILES string of the molecule is C=CCN=c1scc(-c2cc(OC)ccc2OC)n1N=Cc1ccc[nH]1. The first-order valence-corrected chi connectivity index (χ1v) is 8.87. The van der Waals surface area contributed by atoms with Crippen LogP contribution in [0, 0.1) is 0 Å². The number of thiazole rings is 1. The molecule has 0 aliphatic carbocycles. The summed E-state index contributed by atoms with van der Waals surface area (Å²) in [6.45, 7) is 4.25. The zero-order chi connectivity index (χ0) is 18.4. The first kappa shape index (κ1) is 17.8. The van der Waals surface area contributed by atoms with Crippen molar-refractivity contribution in [3.63, 3.8) is 0 Å². The summed E-state index contributed by atoms with van der Waals surface area (Å²) in [7, 11) is 3.29. The number of aromatic nitrogens is 2. The van der Waals surface area contributed by atoms with E-state index in [1.807, 2.05) is 41.9 Å². The molecular formula is C19H20N4O2S. The summed E-state index contributed by atoms with van der Waals surface area (Å²) in [4.78, 5) is 8.42. The molecule has 0 atom stereocenters. The lowest BCUT2D eigenvalue weighted by atomic mass is 10.1. The average Bonchev–Trinajstić information content (AvgIpc) is 3.33. The number of rotatable bonds is 7. The molecule has 1 aromatic carbocycles. The highest BCUT2D eigenvalue weighted by Crippen LogP contribution is 2.33. The smallest absolute Gasteiger partial charge is 0.206 e. The highest BCUT2D eigenvalue weighted by atomic mass is 32.1. The molecule has 0 fully saturated rings. The van der Waals surface area contributed by atoms with Crippen LogP contribution in [0.3, 0.4) is 0 Å². The second-order valence-electron chi connectivity index (χ2n) is 5.28. The summed E-state index contributed by atoms with van der Waals surface area (Å²) < 4.78 is 12.7. The molecule has 134 valence electrons. The van der Waals surface area contributed by atoms with Crippen LogP contribution in [0.25, 0.3) is 11.3 Å². The van der Waals surface area contributed by atoms with Gasteiger partial charge in [0, 0.05) is 17.1 Å². The van der Waals surface area contributed by atoms with Crippen LogP contribution >= 0.6 is 11.3 Å². The fraction of sp³-hybridized carbons (Fsp3) is 0.158. The number of aromatic amines is 1. The third kappa shape index (κ3) is 3.78. The highest BCUT2D eigenvalue weighted by Gasteiger charge is 2.14. The van der Waals surface area contributed by atoms with Crippen molar-refractivity contribution in [3.05, 3.63) is 65.1 Å². The van der Waals surface area contributed by atoms with Crippen molar-refractivity contribution in [1.29, 1.82) is 0 Å². The number of nitrogens with one attached hydrogen (secondary N) is 1. The van der Waals surface area contributed by atoms with Crippen LogP contribution in [0.1, 0.15) is 5.69 Å². The Morgan fingerprint density at radius 3 is 2.85 bits per heavy atom. The number of benzene rings is 1. The van der Waals surface area contributed by atoms with Gasteiger partial charge < -0.3 is 14.5 Å². The number of H-pyrrole nitrogens is 1. The fourth-order valence-electron chi connectivity index (χ4n) is 2.41. The van der Waals surface area contributed by atoms with Crippen molar-refractivity contribution in [2.75, 3.05) is 20.8 Å². The predicted octanol–water partition coefficient (Wildman–Crippen LogP) is 3.53. The van der Waals surface area contributed by atoms with Gasteiger partial charge in [-0.3, -0.25) is 4.99 Å². The molecule has 0 saturated carbocycles. The van der Waals surface area contributed by atoms with Gasteiger partial charge in [0.2, 0.25) is 4.80 Å². The Morgan fingerprint density at radius 2 is 2.15 bits per heavy atom. The molecule has 0 aliphatic heterocycles. The topological polar surface area (TPSA) is 63.9 Å². The molecule has 0 saturated heterocycles. The summed E-state index contributed by atoms with van der Waals surface area (Å²) in [5.41, 5.74) is 2.66. The van der Waals surface area contributed by atoms with E-state index in [-0.39, 0.29) is 0 Å².